The van der Waals surface area contributed by atoms with E-state index in [1.165, 1.54) is 0 Å². The second-order valence-electron chi connectivity index (χ2n) is 5.58. The van der Waals surface area contributed by atoms with E-state index in [2.05, 4.69) is 61.6 Å². The van der Waals surface area contributed by atoms with Crippen LogP contribution >= 0.6 is 15.9 Å². The van der Waals surface area contributed by atoms with Crippen LogP contribution in [0.4, 0.5) is 5.69 Å². The minimum atomic E-state index is 0.0655. The molecule has 0 heterocycles. The predicted octanol–water partition coefficient (Wildman–Crippen LogP) is 3.81. The van der Waals surface area contributed by atoms with E-state index in [0.29, 0.717) is 6.04 Å². The van der Waals surface area contributed by atoms with Crippen LogP contribution in [0.25, 0.3) is 0 Å². The number of rotatable bonds is 3. The Kier molecular flexibility index (Phi) is 4.62. The fourth-order valence-corrected chi connectivity index (χ4v) is 2.22. The molecule has 2 nitrogen and oxygen atoms in total. The molecule has 0 amide bonds. The fourth-order valence-electron chi connectivity index (χ4n) is 1.81. The van der Waals surface area contributed by atoms with Gasteiger partial charge in [0.15, 0.2) is 0 Å². The first-order valence-corrected chi connectivity index (χ1v) is 6.68. The number of anilines is 1. The largest absolute Gasteiger partial charge is 0.392 e. The molecule has 0 bridgehead atoms. The number of hydrogen-bond donors (Lipinski definition) is 1. The molecule has 1 aromatic rings. The topological polar surface area (TPSA) is 23.5 Å². The molecule has 17 heavy (non-hydrogen) atoms. The Morgan fingerprint density at radius 1 is 1.35 bits per heavy atom. The van der Waals surface area contributed by atoms with Crippen LogP contribution in [0.1, 0.15) is 33.3 Å². The van der Waals surface area contributed by atoms with Crippen molar-refractivity contribution in [3.8, 4) is 0 Å². The zero-order chi connectivity index (χ0) is 13.2. The molecule has 1 aromatic carbocycles. The van der Waals surface area contributed by atoms with Gasteiger partial charge in [-0.15, -0.1) is 0 Å². The maximum absolute atomic E-state index is 9.43. The summed E-state index contributed by atoms with van der Waals surface area (Å²) in [5.74, 6) is 0. The fraction of sp³-hybridized carbons (Fsp3) is 0.571. The lowest BCUT2D eigenvalue weighted by Gasteiger charge is -2.37. The van der Waals surface area contributed by atoms with Crippen LogP contribution in [0.5, 0.6) is 0 Å². The van der Waals surface area contributed by atoms with Gasteiger partial charge in [0, 0.05) is 28.8 Å². The maximum Gasteiger partial charge on any atom is 0.0702 e. The predicted molar refractivity (Wildman–Crippen MR) is 77.4 cm³/mol. The summed E-state index contributed by atoms with van der Waals surface area (Å²) in [5, 5.41) is 9.43. The van der Waals surface area contributed by atoms with Crippen LogP contribution in [0, 0.1) is 5.41 Å². The first kappa shape index (κ1) is 14.5. The Bertz CT molecular complexity index is 384. The molecule has 3 heteroatoms. The van der Waals surface area contributed by atoms with E-state index < -0.39 is 0 Å². The third-order valence-corrected chi connectivity index (χ3v) is 3.92. The van der Waals surface area contributed by atoms with Crippen molar-refractivity contribution >= 4 is 21.6 Å². The molecule has 0 spiro atoms. The second-order valence-corrected chi connectivity index (χ2v) is 6.50. The number of aliphatic hydroxyl groups is 1. The number of benzene rings is 1. The Morgan fingerprint density at radius 3 is 2.41 bits per heavy atom. The van der Waals surface area contributed by atoms with Crippen molar-refractivity contribution in [1.29, 1.82) is 0 Å². The second kappa shape index (κ2) is 5.40. The Morgan fingerprint density at radius 2 is 1.94 bits per heavy atom. The minimum Gasteiger partial charge on any atom is -0.392 e. The highest BCUT2D eigenvalue weighted by molar-refractivity contribution is 9.10. The zero-order valence-corrected chi connectivity index (χ0v) is 12.9. The minimum absolute atomic E-state index is 0.0655. The van der Waals surface area contributed by atoms with Crippen molar-refractivity contribution in [2.24, 2.45) is 5.41 Å². The molecule has 0 aliphatic heterocycles. The Balaban J connectivity index is 3.08. The highest BCUT2D eigenvalue weighted by Crippen LogP contribution is 2.30. The van der Waals surface area contributed by atoms with Gasteiger partial charge in [0.1, 0.15) is 0 Å². The molecule has 0 aliphatic carbocycles. The Hall–Kier alpha value is -0.540. The van der Waals surface area contributed by atoms with Crippen molar-refractivity contribution in [1.82, 2.24) is 0 Å². The van der Waals surface area contributed by atoms with E-state index in [-0.39, 0.29) is 12.0 Å². The van der Waals surface area contributed by atoms with Crippen molar-refractivity contribution in [3.63, 3.8) is 0 Å². The average molecular weight is 300 g/mol. The summed E-state index contributed by atoms with van der Waals surface area (Å²) in [6.07, 6.45) is 0. The standard InChI is InChI=1S/C14H22BrNO/c1-10(14(2,3)4)16(5)13-7-6-12(15)8-11(13)9-17/h6-8,10,17H,9H2,1-5H3. The highest BCUT2D eigenvalue weighted by Gasteiger charge is 2.25. The molecule has 1 atom stereocenters. The van der Waals surface area contributed by atoms with Gasteiger partial charge in [0.2, 0.25) is 0 Å². The molecule has 0 radical (unpaired) electrons. The van der Waals surface area contributed by atoms with E-state index >= 15 is 0 Å². The summed E-state index contributed by atoms with van der Waals surface area (Å²) in [6, 6.07) is 6.44. The Labute approximate surface area is 113 Å². The van der Waals surface area contributed by atoms with E-state index in [1.54, 1.807) is 0 Å². The third kappa shape index (κ3) is 3.46. The van der Waals surface area contributed by atoms with Crippen LogP contribution in [-0.2, 0) is 6.61 Å². The lowest BCUT2D eigenvalue weighted by molar-refractivity contribution is 0.280. The first-order chi connectivity index (χ1) is 7.77. The summed E-state index contributed by atoms with van der Waals surface area (Å²) in [4.78, 5) is 2.23. The summed E-state index contributed by atoms with van der Waals surface area (Å²) >= 11 is 3.43. The van der Waals surface area contributed by atoms with Crippen molar-refractivity contribution in [2.75, 3.05) is 11.9 Å². The average Bonchev–Trinajstić information content (AvgIpc) is 2.25. The van der Waals surface area contributed by atoms with Gasteiger partial charge in [-0.25, -0.2) is 0 Å². The lowest BCUT2D eigenvalue weighted by Crippen LogP contribution is -2.39. The quantitative estimate of drug-likeness (QED) is 0.917. The van der Waals surface area contributed by atoms with E-state index in [9.17, 15) is 5.11 Å². The number of aliphatic hydroxyl groups excluding tert-OH is 1. The molecular formula is C14H22BrNO. The molecule has 0 saturated carbocycles. The molecule has 1 rings (SSSR count). The third-order valence-electron chi connectivity index (χ3n) is 3.43. The van der Waals surface area contributed by atoms with Crippen LogP contribution in [-0.4, -0.2) is 18.2 Å². The van der Waals surface area contributed by atoms with Gasteiger partial charge in [-0.05, 0) is 30.5 Å². The van der Waals surface area contributed by atoms with Crippen molar-refractivity contribution in [2.45, 2.75) is 40.3 Å². The number of nitrogens with zero attached hydrogens (tertiary/aromatic N) is 1. The summed E-state index contributed by atoms with van der Waals surface area (Å²) in [5.41, 5.74) is 2.25. The van der Waals surface area contributed by atoms with Gasteiger partial charge in [-0.3, -0.25) is 0 Å². The van der Waals surface area contributed by atoms with Crippen LogP contribution in [0.3, 0.4) is 0 Å². The molecule has 0 aliphatic rings. The summed E-state index contributed by atoms with van der Waals surface area (Å²) in [7, 11) is 2.08. The smallest absolute Gasteiger partial charge is 0.0702 e. The molecular weight excluding hydrogens is 278 g/mol. The molecule has 0 fully saturated rings. The zero-order valence-electron chi connectivity index (χ0n) is 11.3. The van der Waals surface area contributed by atoms with E-state index in [4.69, 9.17) is 0 Å². The van der Waals surface area contributed by atoms with Crippen molar-refractivity contribution < 1.29 is 5.11 Å². The maximum atomic E-state index is 9.43. The van der Waals surface area contributed by atoms with Gasteiger partial charge < -0.3 is 10.0 Å². The van der Waals surface area contributed by atoms with Gasteiger partial charge >= 0.3 is 0 Å². The van der Waals surface area contributed by atoms with Gasteiger partial charge in [-0.2, -0.15) is 0 Å². The van der Waals surface area contributed by atoms with E-state index in [0.717, 1.165) is 15.7 Å². The molecule has 0 aromatic heterocycles. The molecule has 96 valence electrons. The van der Waals surface area contributed by atoms with Crippen LogP contribution < -0.4 is 4.90 Å². The summed E-state index contributed by atoms with van der Waals surface area (Å²) in [6.45, 7) is 8.96. The highest BCUT2D eigenvalue weighted by atomic mass is 79.9. The number of halogens is 1. The van der Waals surface area contributed by atoms with E-state index in [1.807, 2.05) is 12.1 Å². The summed E-state index contributed by atoms with van der Waals surface area (Å²) < 4.78 is 1.00. The van der Waals surface area contributed by atoms with Crippen LogP contribution in [0.15, 0.2) is 22.7 Å². The molecule has 1 N–H and O–H groups in total. The van der Waals surface area contributed by atoms with Gasteiger partial charge in [0.25, 0.3) is 0 Å². The SMILES string of the molecule is CC(N(C)c1ccc(Br)cc1CO)C(C)(C)C. The normalized spacial score (nSPS) is 13.6. The first-order valence-electron chi connectivity index (χ1n) is 5.89. The lowest BCUT2D eigenvalue weighted by atomic mass is 9.86. The van der Waals surface area contributed by atoms with Gasteiger partial charge in [0.05, 0.1) is 6.61 Å². The van der Waals surface area contributed by atoms with Crippen LogP contribution in [0.2, 0.25) is 0 Å². The monoisotopic (exact) mass is 299 g/mol. The van der Waals surface area contributed by atoms with Crippen molar-refractivity contribution in [3.05, 3.63) is 28.2 Å². The molecule has 0 saturated heterocycles. The number of hydrogen-bond acceptors (Lipinski definition) is 2. The van der Waals surface area contributed by atoms with Gasteiger partial charge in [-0.1, -0.05) is 36.7 Å². The molecule has 1 unspecified atom stereocenters.